The average Bonchev–Trinajstić information content (AvgIpc) is 2.07. The zero-order valence-corrected chi connectivity index (χ0v) is 10.9. The zero-order chi connectivity index (χ0) is 7.94. The van der Waals surface area contributed by atoms with E-state index in [0.717, 1.165) is 19.4 Å². The minimum atomic E-state index is 0. The molecule has 3 heteroatoms. The topological polar surface area (TPSA) is 9.23 Å². The van der Waals surface area contributed by atoms with Crippen LogP contribution in [0.2, 0.25) is 0 Å². The molecule has 0 aliphatic heterocycles. The number of hydrogen-bond donors (Lipinski definition) is 0. The van der Waals surface area contributed by atoms with Gasteiger partial charge in [0, 0.05) is 13.7 Å². The molecule has 0 aliphatic rings. The molecule has 0 bridgehead atoms. The molecule has 0 unspecified atom stereocenters. The quantitative estimate of drug-likeness (QED) is 0.368. The number of hydrogen-bond acceptors (Lipinski definition) is 1. The molecule has 0 spiro atoms. The van der Waals surface area contributed by atoms with Crippen molar-refractivity contribution in [1.29, 1.82) is 0 Å². The Labute approximate surface area is 107 Å². The maximum Gasteiger partial charge on any atom is 2.00 e. The minimum Gasteiger partial charge on any atom is -1.00 e. The van der Waals surface area contributed by atoms with E-state index in [0.29, 0.717) is 0 Å². The Bertz CT molecular complexity index is 191. The fraction of sp³-hybridized carbons (Fsp3) is 0.400. The van der Waals surface area contributed by atoms with Gasteiger partial charge in [0.2, 0.25) is 0 Å². The molecular weight excluding hydrogens is 240 g/mol. The van der Waals surface area contributed by atoms with E-state index in [1.165, 1.54) is 5.56 Å². The third-order valence-corrected chi connectivity index (χ3v) is 1.57. The molecule has 1 aromatic carbocycles. The molecule has 68 valence electrons. The predicted octanol–water partition coefficient (Wildman–Crippen LogP) is -1.31. The molecular formula is C10H13BrMgO. The number of rotatable bonds is 4. The third kappa shape index (κ3) is 7.49. The summed E-state index contributed by atoms with van der Waals surface area (Å²) in [6, 6.07) is 11.2. The van der Waals surface area contributed by atoms with Crippen molar-refractivity contribution in [2.24, 2.45) is 0 Å². The van der Waals surface area contributed by atoms with Crippen LogP contribution in [-0.2, 0) is 11.2 Å². The van der Waals surface area contributed by atoms with Crippen LogP contribution in [0.15, 0.2) is 24.3 Å². The summed E-state index contributed by atoms with van der Waals surface area (Å²) in [6.45, 7) is 0.836. The number of ether oxygens (including phenoxy) is 1. The van der Waals surface area contributed by atoms with Crippen LogP contribution >= 0.6 is 0 Å². The first-order valence-electron chi connectivity index (χ1n) is 3.88. The number of halogens is 1. The largest absolute Gasteiger partial charge is 2.00 e. The standard InChI is InChI=1S/C10H13O.BrH.Mg/c1-11-9-5-8-10-6-3-2-4-7-10;;/h2-4,6H,5,8-9H2,1H3;1H;/q-1;;+2/p-1. The smallest absolute Gasteiger partial charge is 1.00 e. The first-order valence-corrected chi connectivity index (χ1v) is 3.88. The van der Waals surface area contributed by atoms with Gasteiger partial charge in [-0.3, -0.25) is 0 Å². The molecule has 0 saturated heterocycles. The van der Waals surface area contributed by atoms with Crippen LogP contribution < -0.4 is 17.0 Å². The first-order chi connectivity index (χ1) is 5.43. The van der Waals surface area contributed by atoms with Gasteiger partial charge in [0.05, 0.1) is 0 Å². The SMILES string of the molecule is COCCCc1[c-]cccc1.[Br-].[Mg+2]. The van der Waals surface area contributed by atoms with Gasteiger partial charge in [-0.05, 0) is 12.8 Å². The van der Waals surface area contributed by atoms with Gasteiger partial charge in [-0.15, -0.1) is 0 Å². The molecule has 0 radical (unpaired) electrons. The molecule has 1 nitrogen and oxygen atoms in total. The Balaban J connectivity index is 0. The van der Waals surface area contributed by atoms with E-state index >= 15 is 0 Å². The predicted molar refractivity (Wildman–Crippen MR) is 51.2 cm³/mol. The van der Waals surface area contributed by atoms with Crippen molar-refractivity contribution in [2.45, 2.75) is 12.8 Å². The second-order valence-corrected chi connectivity index (χ2v) is 2.48. The Morgan fingerprint density at radius 2 is 2.15 bits per heavy atom. The molecule has 0 aliphatic carbocycles. The molecule has 0 amide bonds. The fourth-order valence-electron chi connectivity index (χ4n) is 0.993. The molecule has 13 heavy (non-hydrogen) atoms. The van der Waals surface area contributed by atoms with Gasteiger partial charge in [0.15, 0.2) is 0 Å². The molecule has 0 N–H and O–H groups in total. The summed E-state index contributed by atoms with van der Waals surface area (Å²) < 4.78 is 4.95. The second-order valence-electron chi connectivity index (χ2n) is 2.48. The van der Waals surface area contributed by atoms with Crippen LogP contribution in [0.4, 0.5) is 0 Å². The maximum absolute atomic E-state index is 4.95. The summed E-state index contributed by atoms with van der Waals surface area (Å²) in [7, 11) is 1.73. The second kappa shape index (κ2) is 10.5. The monoisotopic (exact) mass is 252 g/mol. The summed E-state index contributed by atoms with van der Waals surface area (Å²) >= 11 is 0. The van der Waals surface area contributed by atoms with Crippen LogP contribution in [0, 0.1) is 6.07 Å². The number of aryl methyl sites for hydroxylation is 1. The van der Waals surface area contributed by atoms with E-state index in [9.17, 15) is 0 Å². The van der Waals surface area contributed by atoms with Crippen LogP contribution in [0.3, 0.4) is 0 Å². The van der Waals surface area contributed by atoms with E-state index in [1.807, 2.05) is 18.2 Å². The Kier molecular flexibility index (Phi) is 12.8. The van der Waals surface area contributed by atoms with Crippen LogP contribution in [0.25, 0.3) is 0 Å². The maximum atomic E-state index is 4.95. The van der Waals surface area contributed by atoms with Crippen molar-refractivity contribution in [3.05, 3.63) is 35.9 Å². The molecule has 1 aromatic rings. The van der Waals surface area contributed by atoms with Gasteiger partial charge in [0.25, 0.3) is 0 Å². The van der Waals surface area contributed by atoms with E-state index in [1.54, 1.807) is 7.11 Å². The van der Waals surface area contributed by atoms with Gasteiger partial charge in [-0.25, -0.2) is 0 Å². The van der Waals surface area contributed by atoms with Crippen molar-refractivity contribution in [3.63, 3.8) is 0 Å². The summed E-state index contributed by atoms with van der Waals surface area (Å²) in [5, 5.41) is 0. The van der Waals surface area contributed by atoms with Gasteiger partial charge >= 0.3 is 23.1 Å². The van der Waals surface area contributed by atoms with E-state index in [2.05, 4.69) is 12.1 Å². The van der Waals surface area contributed by atoms with E-state index in [-0.39, 0.29) is 40.0 Å². The average molecular weight is 253 g/mol. The number of benzene rings is 1. The van der Waals surface area contributed by atoms with Crippen LogP contribution in [0.1, 0.15) is 12.0 Å². The third-order valence-electron chi connectivity index (χ3n) is 1.57. The summed E-state index contributed by atoms with van der Waals surface area (Å²) in [4.78, 5) is 0. The molecule has 1 rings (SSSR count). The minimum absolute atomic E-state index is 0. The van der Waals surface area contributed by atoms with Gasteiger partial charge in [-0.2, -0.15) is 35.9 Å². The Morgan fingerprint density at radius 1 is 1.38 bits per heavy atom. The van der Waals surface area contributed by atoms with Crippen LogP contribution in [-0.4, -0.2) is 36.8 Å². The van der Waals surface area contributed by atoms with Crippen LogP contribution in [0.5, 0.6) is 0 Å². The summed E-state index contributed by atoms with van der Waals surface area (Å²) in [5.74, 6) is 0. The van der Waals surface area contributed by atoms with Gasteiger partial charge in [-0.1, -0.05) is 0 Å². The van der Waals surface area contributed by atoms with E-state index in [4.69, 9.17) is 4.74 Å². The van der Waals surface area contributed by atoms with Crippen molar-refractivity contribution in [3.8, 4) is 0 Å². The molecule has 0 fully saturated rings. The zero-order valence-electron chi connectivity index (χ0n) is 7.92. The Hall–Kier alpha value is 0.426. The van der Waals surface area contributed by atoms with Gasteiger partial charge in [0.1, 0.15) is 0 Å². The molecule has 0 heterocycles. The van der Waals surface area contributed by atoms with E-state index < -0.39 is 0 Å². The molecule has 0 saturated carbocycles. The summed E-state index contributed by atoms with van der Waals surface area (Å²) in [5.41, 5.74) is 1.27. The Morgan fingerprint density at radius 3 is 2.69 bits per heavy atom. The summed E-state index contributed by atoms with van der Waals surface area (Å²) in [6.07, 6.45) is 2.14. The normalized spacial score (nSPS) is 8.38. The fourth-order valence-corrected chi connectivity index (χ4v) is 0.993. The molecule has 0 aromatic heterocycles. The van der Waals surface area contributed by atoms with Crippen molar-refractivity contribution in [2.75, 3.05) is 13.7 Å². The van der Waals surface area contributed by atoms with Crippen molar-refractivity contribution >= 4 is 23.1 Å². The molecule has 0 atom stereocenters. The van der Waals surface area contributed by atoms with Gasteiger partial charge < -0.3 is 21.7 Å². The number of methoxy groups -OCH3 is 1. The first kappa shape index (κ1) is 15.9. The van der Waals surface area contributed by atoms with Crippen molar-refractivity contribution < 1.29 is 21.7 Å². The van der Waals surface area contributed by atoms with Crippen molar-refractivity contribution in [1.82, 2.24) is 0 Å².